The Hall–Kier alpha value is -2.29. The molecule has 1 heterocycles. The minimum Gasteiger partial charge on any atom is -0.340 e. The van der Waals surface area contributed by atoms with Gasteiger partial charge in [-0.25, -0.2) is 0 Å². The average Bonchev–Trinajstić information content (AvgIpc) is 2.88. The number of benzene rings is 1. The summed E-state index contributed by atoms with van der Waals surface area (Å²) in [4.78, 5) is 12.2. The van der Waals surface area contributed by atoms with Crippen LogP contribution in [-0.4, -0.2) is 10.5 Å². The molecule has 1 aromatic carbocycles. The number of aromatic nitrogens is 1. The molecule has 0 unspecified atom stereocenters. The number of nitrogens with zero attached hydrogens (tertiary/aromatic N) is 1. The molecule has 0 fully saturated rings. The zero-order chi connectivity index (χ0) is 13.7. The van der Waals surface area contributed by atoms with Crippen LogP contribution in [0.3, 0.4) is 0 Å². The zero-order valence-electron chi connectivity index (χ0n) is 11.1. The molecule has 3 heteroatoms. The van der Waals surface area contributed by atoms with Crippen molar-refractivity contribution in [2.75, 3.05) is 5.32 Å². The monoisotopic (exact) mass is 254 g/mol. The van der Waals surface area contributed by atoms with E-state index in [4.69, 9.17) is 0 Å². The number of nitrogens with one attached hydrogen (secondary N) is 1. The Bertz CT molecular complexity index is 584. The van der Waals surface area contributed by atoms with E-state index in [0.29, 0.717) is 12.2 Å². The summed E-state index contributed by atoms with van der Waals surface area (Å²) in [7, 11) is 0. The maximum atomic E-state index is 12.2. The van der Waals surface area contributed by atoms with Gasteiger partial charge in [0.05, 0.1) is 0 Å². The molecule has 0 spiro atoms. The number of amides is 1. The number of anilines is 1. The summed E-state index contributed by atoms with van der Waals surface area (Å²) in [5, 5.41) is 2.92. The molecule has 98 valence electrons. The van der Waals surface area contributed by atoms with Crippen molar-refractivity contribution in [3.05, 3.63) is 66.5 Å². The van der Waals surface area contributed by atoms with E-state index in [0.717, 1.165) is 12.1 Å². The van der Waals surface area contributed by atoms with E-state index in [2.05, 4.69) is 24.9 Å². The molecule has 0 bridgehead atoms. The van der Waals surface area contributed by atoms with E-state index < -0.39 is 0 Å². The topological polar surface area (TPSA) is 34.0 Å². The second-order valence-corrected chi connectivity index (χ2v) is 4.34. The van der Waals surface area contributed by atoms with Crippen molar-refractivity contribution < 1.29 is 4.79 Å². The highest BCUT2D eigenvalue weighted by Gasteiger charge is 2.10. The minimum atomic E-state index is -0.0971. The number of carbonyl (C=O) groups excluding carboxylic acids is 1. The normalized spacial score (nSPS) is 10.2. The molecule has 0 saturated carbocycles. The first-order valence-electron chi connectivity index (χ1n) is 6.41. The predicted octanol–water partition coefficient (Wildman–Crippen LogP) is 3.49. The highest BCUT2D eigenvalue weighted by molar-refractivity contribution is 6.03. The highest BCUT2D eigenvalue weighted by atomic mass is 16.1. The Labute approximate surface area is 113 Å². The molecule has 0 radical (unpaired) electrons. The van der Waals surface area contributed by atoms with Crippen molar-refractivity contribution in [2.45, 2.75) is 19.9 Å². The Morgan fingerprint density at radius 1 is 1.37 bits per heavy atom. The van der Waals surface area contributed by atoms with Crippen molar-refractivity contribution in [3.63, 3.8) is 0 Å². The van der Waals surface area contributed by atoms with Gasteiger partial charge < -0.3 is 9.88 Å². The summed E-state index contributed by atoms with van der Waals surface area (Å²) >= 11 is 0. The van der Waals surface area contributed by atoms with Gasteiger partial charge in [-0.05, 0) is 36.2 Å². The summed E-state index contributed by atoms with van der Waals surface area (Å²) in [6.45, 7) is 6.41. The van der Waals surface area contributed by atoms with E-state index in [1.165, 1.54) is 5.56 Å². The number of hydrogen-bond acceptors (Lipinski definition) is 1. The molecular formula is C16H18N2O. The van der Waals surface area contributed by atoms with Gasteiger partial charge >= 0.3 is 0 Å². The quantitative estimate of drug-likeness (QED) is 0.814. The van der Waals surface area contributed by atoms with Crippen LogP contribution in [0.4, 0.5) is 5.69 Å². The third kappa shape index (κ3) is 3.13. The van der Waals surface area contributed by atoms with E-state index >= 15 is 0 Å². The van der Waals surface area contributed by atoms with Gasteiger partial charge in [-0.1, -0.05) is 25.1 Å². The molecule has 0 aliphatic rings. The molecular weight excluding hydrogens is 236 g/mol. The Morgan fingerprint density at radius 2 is 2.21 bits per heavy atom. The Kier molecular flexibility index (Phi) is 4.18. The third-order valence-corrected chi connectivity index (χ3v) is 2.98. The number of rotatable bonds is 5. The fourth-order valence-electron chi connectivity index (χ4n) is 1.98. The van der Waals surface area contributed by atoms with Gasteiger partial charge in [0, 0.05) is 18.4 Å². The van der Waals surface area contributed by atoms with Crippen LogP contribution < -0.4 is 5.32 Å². The van der Waals surface area contributed by atoms with Crippen molar-refractivity contribution >= 4 is 11.6 Å². The molecule has 0 aliphatic heterocycles. The van der Waals surface area contributed by atoms with Crippen molar-refractivity contribution in [1.82, 2.24) is 4.57 Å². The number of aryl methyl sites for hydroxylation is 1. The zero-order valence-corrected chi connectivity index (χ0v) is 11.1. The SMILES string of the molecule is C=CCn1cccc1C(=O)Nc1cccc(CC)c1. The van der Waals surface area contributed by atoms with Crippen LogP contribution in [0.5, 0.6) is 0 Å². The predicted molar refractivity (Wildman–Crippen MR) is 78.4 cm³/mol. The van der Waals surface area contributed by atoms with E-state index in [-0.39, 0.29) is 5.91 Å². The molecule has 1 N–H and O–H groups in total. The molecule has 0 atom stereocenters. The van der Waals surface area contributed by atoms with Gasteiger partial charge in [0.25, 0.3) is 5.91 Å². The van der Waals surface area contributed by atoms with Crippen molar-refractivity contribution in [1.29, 1.82) is 0 Å². The molecule has 19 heavy (non-hydrogen) atoms. The lowest BCUT2D eigenvalue weighted by Gasteiger charge is -2.09. The lowest BCUT2D eigenvalue weighted by molar-refractivity contribution is 0.101. The van der Waals surface area contributed by atoms with Crippen LogP contribution in [0.25, 0.3) is 0 Å². The maximum absolute atomic E-state index is 12.2. The van der Waals surface area contributed by atoms with Gasteiger partial charge in [0.2, 0.25) is 0 Å². The first kappa shape index (κ1) is 13.1. The lowest BCUT2D eigenvalue weighted by atomic mass is 10.1. The summed E-state index contributed by atoms with van der Waals surface area (Å²) in [6.07, 6.45) is 4.60. The lowest BCUT2D eigenvalue weighted by Crippen LogP contribution is -2.16. The van der Waals surface area contributed by atoms with Crippen LogP contribution in [0.15, 0.2) is 55.3 Å². The molecule has 1 aromatic heterocycles. The molecule has 1 amide bonds. The van der Waals surface area contributed by atoms with Crippen LogP contribution >= 0.6 is 0 Å². The summed E-state index contributed by atoms with van der Waals surface area (Å²) in [5.74, 6) is -0.0971. The number of carbonyl (C=O) groups is 1. The van der Waals surface area contributed by atoms with Gasteiger partial charge in [0.15, 0.2) is 0 Å². The number of hydrogen-bond donors (Lipinski definition) is 1. The van der Waals surface area contributed by atoms with Crippen LogP contribution in [0.1, 0.15) is 23.0 Å². The fraction of sp³-hybridized carbons (Fsp3) is 0.188. The second kappa shape index (κ2) is 6.05. The van der Waals surface area contributed by atoms with Crippen molar-refractivity contribution in [2.24, 2.45) is 0 Å². The van der Waals surface area contributed by atoms with Crippen LogP contribution in [-0.2, 0) is 13.0 Å². The molecule has 2 rings (SSSR count). The van der Waals surface area contributed by atoms with Crippen molar-refractivity contribution in [3.8, 4) is 0 Å². The van der Waals surface area contributed by atoms with Gasteiger partial charge in [-0.15, -0.1) is 6.58 Å². The molecule has 0 aliphatic carbocycles. The third-order valence-electron chi connectivity index (χ3n) is 2.98. The summed E-state index contributed by atoms with van der Waals surface area (Å²) < 4.78 is 1.87. The molecule has 0 saturated heterocycles. The number of allylic oxidation sites excluding steroid dienone is 1. The first-order chi connectivity index (χ1) is 9.24. The van der Waals surface area contributed by atoms with Gasteiger partial charge in [-0.2, -0.15) is 0 Å². The summed E-state index contributed by atoms with van der Waals surface area (Å²) in [6, 6.07) is 11.6. The average molecular weight is 254 g/mol. The largest absolute Gasteiger partial charge is 0.340 e. The highest BCUT2D eigenvalue weighted by Crippen LogP contribution is 2.13. The smallest absolute Gasteiger partial charge is 0.272 e. The van der Waals surface area contributed by atoms with Crippen LogP contribution in [0.2, 0.25) is 0 Å². The van der Waals surface area contributed by atoms with Gasteiger partial charge in [0.1, 0.15) is 5.69 Å². The fourth-order valence-corrected chi connectivity index (χ4v) is 1.98. The standard InChI is InChI=1S/C16H18N2O/c1-3-10-18-11-6-9-15(18)16(19)17-14-8-5-7-13(4-2)12-14/h3,5-9,11-12H,1,4,10H2,2H3,(H,17,19). The van der Waals surface area contributed by atoms with E-state index in [1.54, 1.807) is 6.08 Å². The Morgan fingerprint density at radius 3 is 2.95 bits per heavy atom. The summed E-state index contributed by atoms with van der Waals surface area (Å²) in [5.41, 5.74) is 2.68. The van der Waals surface area contributed by atoms with E-state index in [1.807, 2.05) is 41.1 Å². The minimum absolute atomic E-state index is 0.0971. The molecule has 3 nitrogen and oxygen atoms in total. The van der Waals surface area contributed by atoms with Gasteiger partial charge in [-0.3, -0.25) is 4.79 Å². The second-order valence-electron chi connectivity index (χ2n) is 4.34. The van der Waals surface area contributed by atoms with Crippen LogP contribution in [0, 0.1) is 0 Å². The van der Waals surface area contributed by atoms with E-state index in [9.17, 15) is 4.79 Å². The molecule has 2 aromatic rings. The Balaban J connectivity index is 2.15. The maximum Gasteiger partial charge on any atom is 0.272 e. The first-order valence-corrected chi connectivity index (χ1v) is 6.41.